The van der Waals surface area contributed by atoms with Gasteiger partial charge in [0.05, 0.1) is 25.7 Å². The molecule has 0 saturated carbocycles. The fourth-order valence-electron chi connectivity index (χ4n) is 2.00. The molecule has 2 aromatic heterocycles. The lowest BCUT2D eigenvalue weighted by Crippen LogP contribution is -2.56. The van der Waals surface area contributed by atoms with E-state index in [1.807, 2.05) is 34.5 Å². The van der Waals surface area contributed by atoms with E-state index >= 15 is 0 Å². The van der Waals surface area contributed by atoms with Gasteiger partial charge in [0.2, 0.25) is 5.91 Å². The predicted molar refractivity (Wildman–Crippen MR) is 73.3 cm³/mol. The van der Waals surface area contributed by atoms with E-state index in [1.165, 1.54) is 0 Å². The standard InChI is InChI=1S/C14H14N2O2S/c17-14(7-13-4-2-6-19-13)16-9-12(10-16)18-11-3-1-5-15-8-11/h1-6,8,12H,7,9-10H2. The van der Waals surface area contributed by atoms with E-state index in [2.05, 4.69) is 4.98 Å². The summed E-state index contributed by atoms with van der Waals surface area (Å²) in [6, 6.07) is 7.68. The van der Waals surface area contributed by atoms with Gasteiger partial charge in [-0.25, -0.2) is 0 Å². The summed E-state index contributed by atoms with van der Waals surface area (Å²) in [4.78, 5) is 18.9. The first-order chi connectivity index (χ1) is 9.31. The minimum Gasteiger partial charge on any atom is -0.485 e. The Hall–Kier alpha value is -1.88. The van der Waals surface area contributed by atoms with Crippen molar-refractivity contribution >= 4 is 17.2 Å². The lowest BCUT2D eigenvalue weighted by Gasteiger charge is -2.38. The topological polar surface area (TPSA) is 42.4 Å². The van der Waals surface area contributed by atoms with Crippen LogP contribution in [0, 0.1) is 0 Å². The number of likely N-dealkylation sites (tertiary alicyclic amines) is 1. The zero-order valence-electron chi connectivity index (χ0n) is 10.4. The Balaban J connectivity index is 1.46. The van der Waals surface area contributed by atoms with Gasteiger partial charge in [-0.15, -0.1) is 11.3 Å². The largest absolute Gasteiger partial charge is 0.485 e. The van der Waals surface area contributed by atoms with Crippen molar-refractivity contribution in [1.82, 2.24) is 9.88 Å². The Bertz CT molecular complexity index is 536. The fraction of sp³-hybridized carbons (Fsp3) is 0.286. The third-order valence-corrected chi connectivity index (χ3v) is 3.92. The average molecular weight is 274 g/mol. The minimum absolute atomic E-state index is 0.0940. The summed E-state index contributed by atoms with van der Waals surface area (Å²) in [5, 5.41) is 1.99. The van der Waals surface area contributed by atoms with Crippen molar-refractivity contribution in [3.63, 3.8) is 0 Å². The number of ether oxygens (including phenoxy) is 1. The van der Waals surface area contributed by atoms with Gasteiger partial charge in [-0.3, -0.25) is 9.78 Å². The molecule has 19 heavy (non-hydrogen) atoms. The zero-order valence-corrected chi connectivity index (χ0v) is 11.2. The Morgan fingerprint density at radius 1 is 1.42 bits per heavy atom. The average Bonchev–Trinajstić information content (AvgIpc) is 2.87. The van der Waals surface area contributed by atoms with Crippen LogP contribution in [0.2, 0.25) is 0 Å². The van der Waals surface area contributed by atoms with Crippen molar-refractivity contribution in [1.29, 1.82) is 0 Å². The highest BCUT2D eigenvalue weighted by Crippen LogP contribution is 2.18. The maximum absolute atomic E-state index is 12.0. The van der Waals surface area contributed by atoms with Gasteiger partial charge in [0.15, 0.2) is 0 Å². The Morgan fingerprint density at radius 2 is 2.32 bits per heavy atom. The number of thiophene rings is 1. The Labute approximate surface area is 115 Å². The third-order valence-electron chi connectivity index (χ3n) is 3.04. The van der Waals surface area contributed by atoms with E-state index < -0.39 is 0 Å². The SMILES string of the molecule is O=C(Cc1cccs1)N1CC(Oc2cccnc2)C1. The highest BCUT2D eigenvalue weighted by molar-refractivity contribution is 7.10. The van der Waals surface area contributed by atoms with Crippen LogP contribution in [0.1, 0.15) is 4.88 Å². The zero-order chi connectivity index (χ0) is 13.1. The van der Waals surface area contributed by atoms with Crippen LogP contribution in [0.15, 0.2) is 42.0 Å². The number of rotatable bonds is 4. The molecule has 1 fully saturated rings. The van der Waals surface area contributed by atoms with E-state index in [-0.39, 0.29) is 12.0 Å². The van der Waals surface area contributed by atoms with Gasteiger partial charge in [0.25, 0.3) is 0 Å². The summed E-state index contributed by atoms with van der Waals surface area (Å²) >= 11 is 1.62. The van der Waals surface area contributed by atoms with Gasteiger partial charge in [-0.05, 0) is 23.6 Å². The fourth-order valence-corrected chi connectivity index (χ4v) is 2.70. The molecular formula is C14H14N2O2S. The molecule has 0 radical (unpaired) electrons. The quantitative estimate of drug-likeness (QED) is 0.856. The highest BCUT2D eigenvalue weighted by atomic mass is 32.1. The van der Waals surface area contributed by atoms with E-state index in [0.29, 0.717) is 19.5 Å². The molecular weight excluding hydrogens is 260 g/mol. The van der Waals surface area contributed by atoms with E-state index in [9.17, 15) is 4.79 Å². The van der Waals surface area contributed by atoms with E-state index in [0.717, 1.165) is 10.6 Å². The molecule has 1 aliphatic heterocycles. The molecule has 0 N–H and O–H groups in total. The summed E-state index contributed by atoms with van der Waals surface area (Å²) in [7, 11) is 0. The number of hydrogen-bond donors (Lipinski definition) is 0. The molecule has 5 heteroatoms. The molecule has 0 bridgehead atoms. The summed E-state index contributed by atoms with van der Waals surface area (Å²) in [5.74, 6) is 0.936. The van der Waals surface area contributed by atoms with Crippen molar-refractivity contribution < 1.29 is 9.53 Å². The second-order valence-corrected chi connectivity index (χ2v) is 5.52. The smallest absolute Gasteiger partial charge is 0.228 e. The van der Waals surface area contributed by atoms with Crippen molar-refractivity contribution in [2.75, 3.05) is 13.1 Å². The third kappa shape index (κ3) is 2.93. The van der Waals surface area contributed by atoms with Gasteiger partial charge < -0.3 is 9.64 Å². The number of pyridine rings is 1. The van der Waals surface area contributed by atoms with Crippen LogP contribution >= 0.6 is 11.3 Å². The van der Waals surface area contributed by atoms with E-state index in [1.54, 1.807) is 23.7 Å². The van der Waals surface area contributed by atoms with Gasteiger partial charge in [0.1, 0.15) is 11.9 Å². The molecule has 3 heterocycles. The number of hydrogen-bond acceptors (Lipinski definition) is 4. The lowest BCUT2D eigenvalue weighted by molar-refractivity contribution is -0.139. The van der Waals surface area contributed by atoms with Crippen molar-refractivity contribution in [3.05, 3.63) is 46.9 Å². The first kappa shape index (κ1) is 12.2. The first-order valence-electron chi connectivity index (χ1n) is 6.18. The number of amides is 1. The molecule has 1 amide bonds. The molecule has 0 atom stereocenters. The van der Waals surface area contributed by atoms with E-state index in [4.69, 9.17) is 4.74 Å². The lowest BCUT2D eigenvalue weighted by atomic mass is 10.1. The monoisotopic (exact) mass is 274 g/mol. The minimum atomic E-state index is 0.0940. The second kappa shape index (κ2) is 5.40. The highest BCUT2D eigenvalue weighted by Gasteiger charge is 2.32. The summed E-state index contributed by atoms with van der Waals surface area (Å²) in [6.07, 6.45) is 3.99. The maximum atomic E-state index is 12.0. The summed E-state index contributed by atoms with van der Waals surface area (Å²) in [5.41, 5.74) is 0. The molecule has 3 rings (SSSR count). The molecule has 0 unspecified atom stereocenters. The number of carbonyl (C=O) groups is 1. The molecule has 0 aliphatic carbocycles. The Kier molecular flexibility index (Phi) is 3.46. The van der Waals surface area contributed by atoms with Crippen LogP contribution in [-0.4, -0.2) is 35.0 Å². The van der Waals surface area contributed by atoms with Crippen LogP contribution in [0.4, 0.5) is 0 Å². The number of aromatic nitrogens is 1. The molecule has 4 nitrogen and oxygen atoms in total. The number of nitrogens with zero attached hydrogens (tertiary/aromatic N) is 2. The summed E-state index contributed by atoms with van der Waals surface area (Å²) in [6.45, 7) is 1.33. The Morgan fingerprint density at radius 3 is 3.00 bits per heavy atom. The van der Waals surface area contributed by atoms with Crippen LogP contribution < -0.4 is 4.74 Å². The van der Waals surface area contributed by atoms with Crippen LogP contribution in [-0.2, 0) is 11.2 Å². The molecule has 0 spiro atoms. The molecule has 1 saturated heterocycles. The first-order valence-corrected chi connectivity index (χ1v) is 7.06. The van der Waals surface area contributed by atoms with Gasteiger partial charge in [0, 0.05) is 11.1 Å². The summed E-state index contributed by atoms with van der Waals surface area (Å²) < 4.78 is 5.71. The number of carbonyl (C=O) groups excluding carboxylic acids is 1. The van der Waals surface area contributed by atoms with Crippen molar-refractivity contribution in [2.45, 2.75) is 12.5 Å². The second-order valence-electron chi connectivity index (χ2n) is 4.48. The molecule has 2 aromatic rings. The normalized spacial score (nSPS) is 15.1. The molecule has 98 valence electrons. The van der Waals surface area contributed by atoms with Gasteiger partial charge in [-0.1, -0.05) is 6.07 Å². The molecule has 1 aliphatic rings. The van der Waals surface area contributed by atoms with Gasteiger partial charge in [-0.2, -0.15) is 0 Å². The van der Waals surface area contributed by atoms with Crippen molar-refractivity contribution in [3.8, 4) is 5.75 Å². The predicted octanol–water partition coefficient (Wildman–Crippen LogP) is 1.98. The van der Waals surface area contributed by atoms with Crippen LogP contribution in [0.5, 0.6) is 5.75 Å². The maximum Gasteiger partial charge on any atom is 0.228 e. The van der Waals surface area contributed by atoms with Crippen LogP contribution in [0.3, 0.4) is 0 Å². The van der Waals surface area contributed by atoms with Crippen LogP contribution in [0.25, 0.3) is 0 Å². The van der Waals surface area contributed by atoms with Gasteiger partial charge >= 0.3 is 0 Å². The van der Waals surface area contributed by atoms with Crippen molar-refractivity contribution in [2.24, 2.45) is 0 Å². The molecule has 0 aromatic carbocycles.